The number of benzene rings is 1. The predicted molar refractivity (Wildman–Crippen MR) is 59.8 cm³/mol. The fourth-order valence-electron chi connectivity index (χ4n) is 1.81. The average molecular weight is 218 g/mol. The lowest BCUT2D eigenvalue weighted by molar-refractivity contribution is -0.127. The molecule has 0 aromatic heterocycles. The first-order valence-corrected chi connectivity index (χ1v) is 5.20. The molecule has 2 amide bonds. The maximum Gasteiger partial charge on any atom is 0.260 e. The Labute approximate surface area is 94.0 Å². The zero-order valence-electron chi connectivity index (χ0n) is 9.36. The summed E-state index contributed by atoms with van der Waals surface area (Å²) < 4.78 is 0. The highest BCUT2D eigenvalue weighted by molar-refractivity contribution is 6.09. The largest absolute Gasteiger partial charge is 0.324 e. The molecule has 2 rings (SSSR count). The third-order valence-electron chi connectivity index (χ3n) is 2.91. The number of carbonyl (C=O) groups excluding carboxylic acids is 2. The van der Waals surface area contributed by atoms with E-state index in [-0.39, 0.29) is 24.3 Å². The zero-order chi connectivity index (χ0) is 11.9. The summed E-state index contributed by atoms with van der Waals surface area (Å²) in [6.07, 6.45) is 0.288. The molecule has 1 aromatic rings. The SMILES string of the molecule is C[C@H](N)c1ccc2c(c1)C(=O)N(C)C(=O)C2. The molecule has 1 aliphatic heterocycles. The van der Waals surface area contributed by atoms with Crippen LogP contribution in [0.5, 0.6) is 0 Å². The van der Waals surface area contributed by atoms with Crippen LogP contribution in [0, 0.1) is 0 Å². The van der Waals surface area contributed by atoms with E-state index in [0.717, 1.165) is 16.0 Å². The molecule has 1 aliphatic rings. The van der Waals surface area contributed by atoms with E-state index < -0.39 is 0 Å². The van der Waals surface area contributed by atoms with E-state index in [4.69, 9.17) is 5.73 Å². The molecule has 0 bridgehead atoms. The van der Waals surface area contributed by atoms with E-state index in [1.165, 1.54) is 7.05 Å². The fraction of sp³-hybridized carbons (Fsp3) is 0.333. The topological polar surface area (TPSA) is 63.4 Å². The lowest BCUT2D eigenvalue weighted by Gasteiger charge is -2.23. The highest BCUT2D eigenvalue weighted by Gasteiger charge is 2.28. The van der Waals surface area contributed by atoms with Crippen LogP contribution in [-0.2, 0) is 11.2 Å². The number of nitrogens with two attached hydrogens (primary N) is 1. The van der Waals surface area contributed by atoms with Gasteiger partial charge in [-0.1, -0.05) is 12.1 Å². The van der Waals surface area contributed by atoms with Crippen LogP contribution in [-0.4, -0.2) is 23.8 Å². The molecular formula is C12H14N2O2. The van der Waals surface area contributed by atoms with Gasteiger partial charge in [-0.25, -0.2) is 0 Å². The van der Waals surface area contributed by atoms with Gasteiger partial charge in [-0.2, -0.15) is 0 Å². The summed E-state index contributed by atoms with van der Waals surface area (Å²) in [6, 6.07) is 5.36. The summed E-state index contributed by atoms with van der Waals surface area (Å²) in [5, 5.41) is 0. The van der Waals surface area contributed by atoms with Crippen molar-refractivity contribution in [1.82, 2.24) is 4.90 Å². The molecule has 0 aliphatic carbocycles. The Hall–Kier alpha value is -1.68. The number of nitrogens with zero attached hydrogens (tertiary/aromatic N) is 1. The molecule has 84 valence electrons. The second-order valence-corrected chi connectivity index (χ2v) is 4.14. The zero-order valence-corrected chi connectivity index (χ0v) is 9.36. The number of likely N-dealkylation sites (N-methyl/N-ethyl adjacent to an activating group) is 1. The molecule has 1 atom stereocenters. The van der Waals surface area contributed by atoms with E-state index >= 15 is 0 Å². The van der Waals surface area contributed by atoms with Crippen molar-refractivity contribution in [2.24, 2.45) is 5.73 Å². The first kappa shape index (κ1) is 10.8. The van der Waals surface area contributed by atoms with E-state index in [9.17, 15) is 9.59 Å². The second kappa shape index (κ2) is 3.72. The van der Waals surface area contributed by atoms with Crippen molar-refractivity contribution in [2.75, 3.05) is 7.05 Å². The molecule has 1 heterocycles. The maximum absolute atomic E-state index is 11.9. The van der Waals surface area contributed by atoms with Gasteiger partial charge in [-0.15, -0.1) is 0 Å². The van der Waals surface area contributed by atoms with Gasteiger partial charge in [-0.3, -0.25) is 14.5 Å². The highest BCUT2D eigenvalue weighted by Crippen LogP contribution is 2.22. The fourth-order valence-corrected chi connectivity index (χ4v) is 1.81. The molecule has 4 nitrogen and oxygen atoms in total. The Morgan fingerprint density at radius 2 is 2.06 bits per heavy atom. The van der Waals surface area contributed by atoms with Crippen molar-refractivity contribution >= 4 is 11.8 Å². The molecule has 0 fully saturated rings. The quantitative estimate of drug-likeness (QED) is 0.711. The number of amides is 2. The van der Waals surface area contributed by atoms with Gasteiger partial charge in [0.2, 0.25) is 5.91 Å². The van der Waals surface area contributed by atoms with E-state index in [1.54, 1.807) is 6.07 Å². The van der Waals surface area contributed by atoms with Crippen LogP contribution in [0.15, 0.2) is 18.2 Å². The van der Waals surface area contributed by atoms with Gasteiger partial charge in [0.25, 0.3) is 5.91 Å². The molecule has 0 unspecified atom stereocenters. The Bertz CT molecular complexity index is 466. The van der Waals surface area contributed by atoms with Crippen molar-refractivity contribution < 1.29 is 9.59 Å². The van der Waals surface area contributed by atoms with E-state index in [0.29, 0.717) is 5.56 Å². The minimum absolute atomic E-state index is 0.110. The van der Waals surface area contributed by atoms with Crippen LogP contribution in [0.3, 0.4) is 0 Å². The minimum atomic E-state index is -0.242. The Morgan fingerprint density at radius 1 is 1.38 bits per heavy atom. The van der Waals surface area contributed by atoms with Crippen molar-refractivity contribution in [3.05, 3.63) is 34.9 Å². The lowest BCUT2D eigenvalue weighted by Crippen LogP contribution is -2.39. The van der Waals surface area contributed by atoms with E-state index in [2.05, 4.69) is 0 Å². The van der Waals surface area contributed by atoms with Crippen LogP contribution in [0.1, 0.15) is 34.5 Å². The van der Waals surface area contributed by atoms with Gasteiger partial charge < -0.3 is 5.73 Å². The van der Waals surface area contributed by atoms with Gasteiger partial charge in [0, 0.05) is 18.7 Å². The van der Waals surface area contributed by atoms with Crippen LogP contribution < -0.4 is 5.73 Å². The first-order chi connectivity index (χ1) is 7.50. The summed E-state index contributed by atoms with van der Waals surface area (Å²) in [4.78, 5) is 24.5. The average Bonchev–Trinajstić information content (AvgIpc) is 2.25. The number of fused-ring (bicyclic) bond motifs is 1. The van der Waals surface area contributed by atoms with Gasteiger partial charge in [-0.05, 0) is 24.1 Å². The Balaban J connectivity index is 2.51. The Morgan fingerprint density at radius 3 is 2.69 bits per heavy atom. The van der Waals surface area contributed by atoms with Crippen LogP contribution in [0.2, 0.25) is 0 Å². The smallest absolute Gasteiger partial charge is 0.260 e. The normalized spacial score (nSPS) is 17.3. The summed E-state index contributed by atoms with van der Waals surface area (Å²) in [6.45, 7) is 1.86. The van der Waals surface area contributed by atoms with Gasteiger partial charge >= 0.3 is 0 Å². The molecule has 0 radical (unpaired) electrons. The van der Waals surface area contributed by atoms with Gasteiger partial charge in [0.1, 0.15) is 0 Å². The summed E-state index contributed by atoms with van der Waals surface area (Å²) in [5.74, 6) is -0.403. The summed E-state index contributed by atoms with van der Waals surface area (Å²) >= 11 is 0. The second-order valence-electron chi connectivity index (χ2n) is 4.14. The first-order valence-electron chi connectivity index (χ1n) is 5.20. The van der Waals surface area contributed by atoms with Crippen molar-refractivity contribution in [3.8, 4) is 0 Å². The molecule has 0 saturated carbocycles. The summed E-state index contributed by atoms with van der Waals surface area (Å²) in [7, 11) is 1.51. The molecule has 2 N–H and O–H groups in total. The molecule has 16 heavy (non-hydrogen) atoms. The minimum Gasteiger partial charge on any atom is -0.324 e. The summed E-state index contributed by atoms with van der Waals surface area (Å²) in [5.41, 5.74) is 8.06. The van der Waals surface area contributed by atoms with Gasteiger partial charge in [0.15, 0.2) is 0 Å². The van der Waals surface area contributed by atoms with Crippen LogP contribution in [0.4, 0.5) is 0 Å². The number of hydrogen-bond donors (Lipinski definition) is 1. The van der Waals surface area contributed by atoms with Crippen LogP contribution >= 0.6 is 0 Å². The number of rotatable bonds is 1. The predicted octanol–water partition coefficient (Wildman–Crippen LogP) is 0.861. The monoisotopic (exact) mass is 218 g/mol. The molecule has 4 heteroatoms. The standard InChI is InChI=1S/C12H14N2O2/c1-7(13)8-3-4-9-6-11(15)14(2)12(16)10(9)5-8/h3-5,7H,6,13H2,1-2H3/t7-/m0/s1. The molecule has 0 spiro atoms. The van der Waals surface area contributed by atoms with Crippen molar-refractivity contribution in [3.63, 3.8) is 0 Å². The lowest BCUT2D eigenvalue weighted by atomic mass is 9.95. The third kappa shape index (κ3) is 1.61. The number of carbonyl (C=O) groups is 2. The third-order valence-corrected chi connectivity index (χ3v) is 2.91. The molecule has 0 saturated heterocycles. The number of hydrogen-bond acceptors (Lipinski definition) is 3. The highest BCUT2D eigenvalue weighted by atomic mass is 16.2. The van der Waals surface area contributed by atoms with Gasteiger partial charge in [0.05, 0.1) is 6.42 Å². The number of imide groups is 1. The maximum atomic E-state index is 11.9. The Kier molecular flexibility index (Phi) is 2.52. The van der Waals surface area contributed by atoms with E-state index in [1.807, 2.05) is 19.1 Å². The molecule has 1 aromatic carbocycles. The van der Waals surface area contributed by atoms with Crippen LogP contribution in [0.25, 0.3) is 0 Å². The van der Waals surface area contributed by atoms with Crippen molar-refractivity contribution in [1.29, 1.82) is 0 Å². The van der Waals surface area contributed by atoms with Crippen molar-refractivity contribution in [2.45, 2.75) is 19.4 Å². The molecular weight excluding hydrogens is 204 g/mol.